The maximum atomic E-state index is 13.5. The third kappa shape index (κ3) is 4.24. The van der Waals surface area contributed by atoms with E-state index in [0.29, 0.717) is 12.5 Å². The molecule has 2 heterocycles. The van der Waals surface area contributed by atoms with Gasteiger partial charge in [0.05, 0.1) is 17.8 Å². The van der Waals surface area contributed by atoms with Gasteiger partial charge < -0.3 is 16.0 Å². The van der Waals surface area contributed by atoms with Crippen LogP contribution in [0.25, 0.3) is 5.57 Å². The Morgan fingerprint density at radius 3 is 2.72 bits per heavy atom. The second-order valence-electron chi connectivity index (χ2n) is 9.31. The quantitative estimate of drug-likeness (QED) is 0.702. The zero-order valence-electron chi connectivity index (χ0n) is 19.2. The molecule has 2 aliphatic rings. The highest BCUT2D eigenvalue weighted by molar-refractivity contribution is 7.09. The van der Waals surface area contributed by atoms with E-state index in [4.69, 9.17) is 10.7 Å². The number of allylic oxidation sites excluding steroid dienone is 1. The van der Waals surface area contributed by atoms with E-state index in [-0.39, 0.29) is 23.8 Å². The fraction of sp³-hybridized carbons (Fsp3) is 0.480. The average Bonchev–Trinajstić information content (AvgIpc) is 3.48. The zero-order valence-corrected chi connectivity index (χ0v) is 20.0. The summed E-state index contributed by atoms with van der Waals surface area (Å²) in [5.74, 6) is -0.0803. The van der Waals surface area contributed by atoms with Gasteiger partial charge in [0, 0.05) is 17.5 Å². The molecule has 0 spiro atoms. The monoisotopic (exact) mass is 452 g/mol. The Balaban J connectivity index is 1.58. The standard InChI is InChI=1S/C25H32N4O2S/c1-14(2)21(28-23(30)16(4)26)25(31)29-12-11-15(3)22(29)24-27-20(13-32-24)19-10-9-17-7-5-6-8-18(17)19/h5-8,10,13-16,21-22H,9,11-12,26H2,1-4H3,(H,28,30)/t15-,16-,21?,22-/m0/s1. The number of thiazole rings is 1. The minimum atomic E-state index is -0.651. The van der Waals surface area contributed by atoms with Crippen molar-refractivity contribution >= 4 is 28.7 Å². The predicted molar refractivity (Wildman–Crippen MR) is 128 cm³/mol. The molecule has 4 rings (SSSR count). The van der Waals surface area contributed by atoms with Gasteiger partial charge in [-0.3, -0.25) is 9.59 Å². The van der Waals surface area contributed by atoms with E-state index < -0.39 is 12.1 Å². The van der Waals surface area contributed by atoms with Crippen LogP contribution in [0.1, 0.15) is 62.0 Å². The smallest absolute Gasteiger partial charge is 0.246 e. The molecule has 1 unspecified atom stereocenters. The van der Waals surface area contributed by atoms with Crippen LogP contribution in [0.15, 0.2) is 35.7 Å². The summed E-state index contributed by atoms with van der Waals surface area (Å²) >= 11 is 1.62. The van der Waals surface area contributed by atoms with Gasteiger partial charge in [-0.2, -0.15) is 0 Å². The molecule has 6 nitrogen and oxygen atoms in total. The van der Waals surface area contributed by atoms with Crippen molar-refractivity contribution in [3.8, 4) is 0 Å². The maximum Gasteiger partial charge on any atom is 0.246 e. The molecule has 4 atom stereocenters. The van der Waals surface area contributed by atoms with Gasteiger partial charge in [0.25, 0.3) is 0 Å². The third-order valence-corrected chi connectivity index (χ3v) is 7.43. The molecule has 1 aliphatic carbocycles. The van der Waals surface area contributed by atoms with E-state index in [1.54, 1.807) is 18.3 Å². The Morgan fingerprint density at radius 2 is 2.00 bits per heavy atom. The molecule has 1 aromatic carbocycles. The van der Waals surface area contributed by atoms with Crippen molar-refractivity contribution in [2.24, 2.45) is 17.6 Å². The second-order valence-corrected chi connectivity index (χ2v) is 10.2. The molecule has 2 aromatic rings. The number of nitrogens with one attached hydrogen (secondary N) is 1. The number of nitrogens with zero attached hydrogens (tertiary/aromatic N) is 2. The Hall–Kier alpha value is -2.51. The van der Waals surface area contributed by atoms with Gasteiger partial charge in [-0.1, -0.05) is 51.1 Å². The zero-order chi connectivity index (χ0) is 23.0. The molecule has 2 amide bonds. The van der Waals surface area contributed by atoms with Crippen LogP contribution in [0.3, 0.4) is 0 Å². The topological polar surface area (TPSA) is 88.3 Å². The molecule has 0 saturated carbocycles. The number of rotatable bonds is 6. The Labute approximate surface area is 193 Å². The lowest BCUT2D eigenvalue weighted by Crippen LogP contribution is -2.54. The van der Waals surface area contributed by atoms with Crippen LogP contribution in [0, 0.1) is 11.8 Å². The van der Waals surface area contributed by atoms with Crippen molar-refractivity contribution in [2.75, 3.05) is 6.54 Å². The molecule has 0 radical (unpaired) electrons. The van der Waals surface area contributed by atoms with Crippen LogP contribution in [0.4, 0.5) is 0 Å². The van der Waals surface area contributed by atoms with Gasteiger partial charge >= 0.3 is 0 Å². The van der Waals surface area contributed by atoms with E-state index in [1.807, 2.05) is 18.7 Å². The fourth-order valence-corrected chi connectivity index (χ4v) is 5.68. The van der Waals surface area contributed by atoms with E-state index in [0.717, 1.165) is 23.5 Å². The summed E-state index contributed by atoms with van der Waals surface area (Å²) in [6.07, 6.45) is 4.09. The van der Waals surface area contributed by atoms with Gasteiger partial charge in [-0.05, 0) is 42.7 Å². The second kappa shape index (κ2) is 9.16. The van der Waals surface area contributed by atoms with Crippen molar-refractivity contribution in [3.63, 3.8) is 0 Å². The molecular weight excluding hydrogens is 420 g/mol. The molecule has 1 fully saturated rings. The summed E-state index contributed by atoms with van der Waals surface area (Å²) in [5, 5.41) is 5.93. The highest BCUT2D eigenvalue weighted by Crippen LogP contribution is 2.41. The molecule has 1 saturated heterocycles. The summed E-state index contributed by atoms with van der Waals surface area (Å²) in [6, 6.07) is 7.12. The summed E-state index contributed by atoms with van der Waals surface area (Å²) < 4.78 is 0. The number of aromatic nitrogens is 1. The van der Waals surface area contributed by atoms with Crippen LogP contribution in [0.5, 0.6) is 0 Å². The number of likely N-dealkylation sites (tertiary alicyclic amines) is 1. The minimum absolute atomic E-state index is 0.0336. The summed E-state index contributed by atoms with van der Waals surface area (Å²) in [7, 11) is 0. The van der Waals surface area contributed by atoms with Crippen LogP contribution in [0.2, 0.25) is 0 Å². The van der Waals surface area contributed by atoms with Crippen molar-refractivity contribution < 1.29 is 9.59 Å². The first kappa shape index (κ1) is 22.7. The normalized spacial score (nSPS) is 21.9. The molecule has 32 heavy (non-hydrogen) atoms. The number of hydrogen-bond acceptors (Lipinski definition) is 5. The van der Waals surface area contributed by atoms with Crippen LogP contribution >= 0.6 is 11.3 Å². The summed E-state index contributed by atoms with van der Waals surface area (Å²) in [6.45, 7) is 8.37. The van der Waals surface area contributed by atoms with Crippen LogP contribution < -0.4 is 11.1 Å². The highest BCUT2D eigenvalue weighted by atomic mass is 32.1. The number of hydrogen-bond donors (Lipinski definition) is 2. The molecule has 170 valence electrons. The van der Waals surface area contributed by atoms with Crippen molar-refractivity contribution in [2.45, 2.75) is 58.7 Å². The van der Waals surface area contributed by atoms with Gasteiger partial charge in [0.15, 0.2) is 0 Å². The molecular formula is C25H32N4O2S. The number of nitrogens with two attached hydrogens (primary N) is 1. The number of benzene rings is 1. The fourth-order valence-electron chi connectivity index (χ4n) is 4.62. The van der Waals surface area contributed by atoms with Gasteiger partial charge in [-0.15, -0.1) is 11.3 Å². The predicted octanol–water partition coefficient (Wildman–Crippen LogP) is 3.53. The van der Waals surface area contributed by atoms with Crippen molar-refractivity contribution in [1.82, 2.24) is 15.2 Å². The average molecular weight is 453 g/mol. The molecule has 1 aromatic heterocycles. The first-order valence-corrected chi connectivity index (χ1v) is 12.3. The third-order valence-electron chi connectivity index (χ3n) is 6.51. The lowest BCUT2D eigenvalue weighted by molar-refractivity contribution is -0.139. The molecule has 3 N–H and O–H groups in total. The van der Waals surface area contributed by atoms with Crippen molar-refractivity contribution in [1.29, 1.82) is 0 Å². The first-order chi connectivity index (χ1) is 15.3. The van der Waals surface area contributed by atoms with E-state index in [1.165, 1.54) is 16.7 Å². The lowest BCUT2D eigenvalue weighted by atomic mass is 10.00. The number of carbonyl (C=O) groups is 2. The van der Waals surface area contributed by atoms with Crippen LogP contribution in [-0.2, 0) is 16.0 Å². The molecule has 0 bridgehead atoms. The largest absolute Gasteiger partial charge is 0.343 e. The number of fused-ring (bicyclic) bond motifs is 1. The van der Waals surface area contributed by atoms with Crippen molar-refractivity contribution in [3.05, 3.63) is 57.6 Å². The van der Waals surface area contributed by atoms with Gasteiger partial charge in [0.2, 0.25) is 11.8 Å². The Morgan fingerprint density at radius 1 is 1.25 bits per heavy atom. The van der Waals surface area contributed by atoms with E-state index in [9.17, 15) is 9.59 Å². The highest BCUT2D eigenvalue weighted by Gasteiger charge is 2.41. The van der Waals surface area contributed by atoms with Gasteiger partial charge in [0.1, 0.15) is 11.0 Å². The Bertz CT molecular complexity index is 1040. The van der Waals surface area contributed by atoms with Crippen LogP contribution in [-0.4, -0.2) is 40.3 Å². The SMILES string of the molecule is CC(C)C(NC(=O)[C@H](C)N)C(=O)N1CC[C@H](C)[C@H]1c1nc(C2=CCc3ccccc32)cs1. The lowest BCUT2D eigenvalue weighted by Gasteiger charge is -2.31. The minimum Gasteiger partial charge on any atom is -0.343 e. The summed E-state index contributed by atoms with van der Waals surface area (Å²) in [4.78, 5) is 32.7. The van der Waals surface area contributed by atoms with E-state index >= 15 is 0 Å². The maximum absolute atomic E-state index is 13.5. The van der Waals surface area contributed by atoms with Gasteiger partial charge in [-0.25, -0.2) is 4.98 Å². The summed E-state index contributed by atoms with van der Waals surface area (Å²) in [5.41, 5.74) is 10.5. The van der Waals surface area contributed by atoms with E-state index in [2.05, 4.69) is 48.0 Å². The number of carbonyl (C=O) groups excluding carboxylic acids is 2. The first-order valence-electron chi connectivity index (χ1n) is 11.4. The molecule has 1 aliphatic heterocycles. The Kier molecular flexibility index (Phi) is 6.49. The number of amides is 2. The molecule has 7 heteroatoms.